The summed E-state index contributed by atoms with van der Waals surface area (Å²) in [4.78, 5) is 14.7. The van der Waals surface area contributed by atoms with E-state index in [1.165, 1.54) is 12.3 Å². The molecule has 1 aromatic heterocycles. The Morgan fingerprint density at radius 2 is 2.00 bits per heavy atom. The van der Waals surface area contributed by atoms with Crippen LogP contribution in [-0.4, -0.2) is 10.9 Å². The molecule has 86 valence electrons. The highest BCUT2D eigenvalue weighted by Gasteiger charge is 2.04. The molecule has 0 aliphatic rings. The van der Waals surface area contributed by atoms with Crippen molar-refractivity contribution in [1.29, 1.82) is 0 Å². The quantitative estimate of drug-likeness (QED) is 0.908. The van der Waals surface area contributed by atoms with Gasteiger partial charge in [-0.15, -0.1) is 0 Å². The van der Waals surface area contributed by atoms with Gasteiger partial charge in [-0.1, -0.05) is 23.7 Å². The Hall–Kier alpha value is -2.07. The molecular formula is C12H9ClN2O2. The van der Waals surface area contributed by atoms with Gasteiger partial charge in [0.25, 0.3) is 5.91 Å². The third-order valence-electron chi connectivity index (χ3n) is 2.05. The minimum absolute atomic E-state index is 0.191. The Labute approximate surface area is 103 Å². The van der Waals surface area contributed by atoms with Crippen molar-refractivity contribution in [1.82, 2.24) is 4.98 Å². The van der Waals surface area contributed by atoms with Crippen molar-refractivity contribution in [2.75, 3.05) is 0 Å². The number of primary amides is 1. The molecule has 5 heteroatoms. The molecule has 2 rings (SSSR count). The molecule has 0 bridgehead atoms. The number of rotatable bonds is 3. The first-order valence-corrected chi connectivity index (χ1v) is 5.23. The number of aromatic nitrogens is 1. The molecule has 1 heterocycles. The number of amides is 1. The molecule has 0 radical (unpaired) electrons. The molecule has 0 saturated carbocycles. The molecule has 1 aromatic carbocycles. The maximum Gasteiger partial charge on any atom is 0.267 e. The Morgan fingerprint density at radius 3 is 2.59 bits per heavy atom. The normalized spacial score (nSPS) is 9.94. The van der Waals surface area contributed by atoms with Gasteiger partial charge in [0.15, 0.2) is 0 Å². The number of para-hydroxylation sites is 1. The minimum Gasteiger partial charge on any atom is -0.454 e. The first-order valence-electron chi connectivity index (χ1n) is 4.85. The highest BCUT2D eigenvalue weighted by molar-refractivity contribution is 6.32. The summed E-state index contributed by atoms with van der Waals surface area (Å²) in [7, 11) is 0. The Morgan fingerprint density at radius 1 is 1.24 bits per heavy atom. The van der Waals surface area contributed by atoms with Crippen molar-refractivity contribution in [2.45, 2.75) is 0 Å². The predicted octanol–water partition coefficient (Wildman–Crippen LogP) is 2.63. The van der Waals surface area contributed by atoms with Crippen molar-refractivity contribution < 1.29 is 9.53 Å². The summed E-state index contributed by atoms with van der Waals surface area (Å²) in [5.74, 6) is 0.445. The second kappa shape index (κ2) is 4.84. The predicted molar refractivity (Wildman–Crippen MR) is 64.3 cm³/mol. The Bertz CT molecular complexity index is 540. The number of hydrogen-bond acceptors (Lipinski definition) is 3. The van der Waals surface area contributed by atoms with Crippen LogP contribution in [0.5, 0.6) is 11.5 Å². The molecule has 0 fully saturated rings. The fourth-order valence-electron chi connectivity index (χ4n) is 1.24. The van der Waals surface area contributed by atoms with E-state index in [4.69, 9.17) is 22.1 Å². The van der Waals surface area contributed by atoms with Crippen molar-refractivity contribution in [3.63, 3.8) is 0 Å². The van der Waals surface area contributed by atoms with Crippen LogP contribution >= 0.6 is 11.6 Å². The first-order chi connectivity index (χ1) is 8.16. The van der Waals surface area contributed by atoms with Gasteiger partial charge in [0.05, 0.1) is 11.2 Å². The lowest BCUT2D eigenvalue weighted by atomic mass is 10.3. The summed E-state index contributed by atoms with van der Waals surface area (Å²) in [6.45, 7) is 0. The number of nitrogens with two attached hydrogens (primary N) is 1. The summed E-state index contributed by atoms with van der Waals surface area (Å²) < 4.78 is 5.50. The van der Waals surface area contributed by atoms with Crippen molar-refractivity contribution in [3.8, 4) is 11.5 Å². The highest BCUT2D eigenvalue weighted by Crippen LogP contribution is 2.28. The van der Waals surface area contributed by atoms with Crippen LogP contribution in [0.2, 0.25) is 5.02 Å². The van der Waals surface area contributed by atoms with E-state index in [2.05, 4.69) is 4.98 Å². The van der Waals surface area contributed by atoms with Gasteiger partial charge in [0.2, 0.25) is 0 Å². The van der Waals surface area contributed by atoms with Gasteiger partial charge in [-0.25, -0.2) is 4.98 Å². The second-order valence-electron chi connectivity index (χ2n) is 3.28. The lowest BCUT2D eigenvalue weighted by Crippen LogP contribution is -2.12. The number of halogens is 1. The smallest absolute Gasteiger partial charge is 0.267 e. The number of carbonyl (C=O) groups excluding carboxylic acids is 1. The second-order valence-corrected chi connectivity index (χ2v) is 3.68. The molecule has 0 unspecified atom stereocenters. The van der Waals surface area contributed by atoms with Crippen LogP contribution in [0, 0.1) is 0 Å². The van der Waals surface area contributed by atoms with Gasteiger partial charge in [-0.05, 0) is 24.3 Å². The lowest BCUT2D eigenvalue weighted by molar-refractivity contribution is 0.0995. The molecule has 0 aliphatic carbocycles. The molecular weight excluding hydrogens is 240 g/mol. The van der Waals surface area contributed by atoms with Crippen LogP contribution in [-0.2, 0) is 0 Å². The van der Waals surface area contributed by atoms with E-state index in [0.717, 1.165) is 0 Å². The number of ether oxygens (including phenoxy) is 1. The van der Waals surface area contributed by atoms with Gasteiger partial charge < -0.3 is 10.5 Å². The molecule has 2 aromatic rings. The average molecular weight is 249 g/mol. The van der Waals surface area contributed by atoms with E-state index in [9.17, 15) is 4.79 Å². The number of nitrogens with zero attached hydrogens (tertiary/aromatic N) is 1. The monoisotopic (exact) mass is 248 g/mol. The van der Waals surface area contributed by atoms with Crippen LogP contribution in [0.15, 0.2) is 42.6 Å². The summed E-state index contributed by atoms with van der Waals surface area (Å²) in [6, 6.07) is 10.2. The molecule has 2 N–H and O–H groups in total. The van der Waals surface area contributed by atoms with Crippen LogP contribution in [0.25, 0.3) is 0 Å². The SMILES string of the molecule is NC(=O)c1ccc(Oc2ccccc2Cl)cn1. The molecule has 0 atom stereocenters. The third kappa shape index (κ3) is 2.73. The minimum atomic E-state index is -0.575. The Kier molecular flexibility index (Phi) is 3.25. The summed E-state index contributed by atoms with van der Waals surface area (Å²) in [6.07, 6.45) is 1.42. The van der Waals surface area contributed by atoms with Gasteiger partial charge in [0.1, 0.15) is 17.2 Å². The summed E-state index contributed by atoms with van der Waals surface area (Å²) in [5.41, 5.74) is 5.27. The van der Waals surface area contributed by atoms with Crippen LogP contribution < -0.4 is 10.5 Å². The fraction of sp³-hybridized carbons (Fsp3) is 0. The van der Waals surface area contributed by atoms with Crippen molar-refractivity contribution in [2.24, 2.45) is 5.73 Å². The van der Waals surface area contributed by atoms with Crippen LogP contribution in [0.1, 0.15) is 10.5 Å². The van der Waals surface area contributed by atoms with Crippen LogP contribution in [0.3, 0.4) is 0 Å². The van der Waals surface area contributed by atoms with Gasteiger partial charge >= 0.3 is 0 Å². The highest BCUT2D eigenvalue weighted by atomic mass is 35.5. The van der Waals surface area contributed by atoms with Gasteiger partial charge in [-0.2, -0.15) is 0 Å². The zero-order valence-electron chi connectivity index (χ0n) is 8.76. The van der Waals surface area contributed by atoms with Gasteiger partial charge in [0, 0.05) is 0 Å². The zero-order chi connectivity index (χ0) is 12.3. The number of benzene rings is 1. The standard InChI is InChI=1S/C12H9ClN2O2/c13-9-3-1-2-4-11(9)17-8-5-6-10(12(14)16)15-7-8/h1-7H,(H2,14,16). The first kappa shape index (κ1) is 11.4. The number of pyridine rings is 1. The van der Waals surface area contributed by atoms with Crippen LogP contribution in [0.4, 0.5) is 0 Å². The summed E-state index contributed by atoms with van der Waals surface area (Å²) >= 11 is 5.94. The van der Waals surface area contributed by atoms with E-state index in [0.29, 0.717) is 16.5 Å². The topological polar surface area (TPSA) is 65.2 Å². The maximum absolute atomic E-state index is 10.8. The molecule has 17 heavy (non-hydrogen) atoms. The van der Waals surface area contributed by atoms with E-state index in [-0.39, 0.29) is 5.69 Å². The van der Waals surface area contributed by atoms with E-state index >= 15 is 0 Å². The molecule has 0 spiro atoms. The van der Waals surface area contributed by atoms with Gasteiger partial charge in [-0.3, -0.25) is 4.79 Å². The zero-order valence-corrected chi connectivity index (χ0v) is 9.52. The lowest BCUT2D eigenvalue weighted by Gasteiger charge is -2.06. The largest absolute Gasteiger partial charge is 0.454 e. The van der Waals surface area contributed by atoms with Crippen molar-refractivity contribution in [3.05, 3.63) is 53.3 Å². The maximum atomic E-state index is 10.8. The molecule has 1 amide bonds. The third-order valence-corrected chi connectivity index (χ3v) is 2.37. The summed E-state index contributed by atoms with van der Waals surface area (Å²) in [5, 5.41) is 0.506. The number of hydrogen-bond donors (Lipinski definition) is 1. The molecule has 0 aliphatic heterocycles. The molecule has 0 saturated heterocycles. The molecule has 4 nitrogen and oxygen atoms in total. The fourth-order valence-corrected chi connectivity index (χ4v) is 1.42. The Balaban J connectivity index is 2.20. The average Bonchev–Trinajstić information content (AvgIpc) is 2.33. The van der Waals surface area contributed by atoms with E-state index in [1.807, 2.05) is 12.1 Å². The number of carbonyl (C=O) groups is 1. The van der Waals surface area contributed by atoms with E-state index in [1.54, 1.807) is 18.2 Å². The van der Waals surface area contributed by atoms with E-state index < -0.39 is 5.91 Å². The van der Waals surface area contributed by atoms with Crippen molar-refractivity contribution >= 4 is 17.5 Å².